The zero-order valence-corrected chi connectivity index (χ0v) is 16.4. The molecular weight excluding hydrogens is 350 g/mol. The Bertz CT molecular complexity index is 924. The molecule has 3 aromatic rings. The summed E-state index contributed by atoms with van der Waals surface area (Å²) < 4.78 is 7.06. The Kier molecular flexibility index (Phi) is 6.12. The van der Waals surface area contributed by atoms with Gasteiger partial charge in [-0.25, -0.2) is 4.79 Å². The van der Waals surface area contributed by atoms with E-state index in [1.165, 1.54) is 25.1 Å². The summed E-state index contributed by atoms with van der Waals surface area (Å²) in [6.07, 6.45) is 4.61. The standard InChI is InChI=1S/C23H29N3O2/c27-23-26(21-12-6-7-13-22(21)28-23)15-9-2-1-8-14-24-16-18-25(19-17-24)20-10-4-3-5-11-20/h3-7,10-13H,1-2,8-9,14-19H2. The third kappa shape index (κ3) is 4.47. The van der Waals surface area contributed by atoms with Gasteiger partial charge in [-0.2, -0.15) is 0 Å². The lowest BCUT2D eigenvalue weighted by Gasteiger charge is -2.36. The Morgan fingerprint density at radius 1 is 0.750 bits per heavy atom. The minimum Gasteiger partial charge on any atom is -0.408 e. The van der Waals surface area contributed by atoms with Crippen LogP contribution in [0.25, 0.3) is 11.1 Å². The Morgan fingerprint density at radius 2 is 1.43 bits per heavy atom. The number of hydrogen-bond donors (Lipinski definition) is 0. The van der Waals surface area contributed by atoms with Crippen LogP contribution in [0.3, 0.4) is 0 Å². The Morgan fingerprint density at radius 3 is 2.21 bits per heavy atom. The van der Waals surface area contributed by atoms with Gasteiger partial charge in [0.2, 0.25) is 0 Å². The van der Waals surface area contributed by atoms with E-state index in [4.69, 9.17) is 4.42 Å². The second-order valence-electron chi connectivity index (χ2n) is 7.57. The number of nitrogens with zero attached hydrogens (tertiary/aromatic N) is 3. The second kappa shape index (κ2) is 9.11. The van der Waals surface area contributed by atoms with E-state index in [0.29, 0.717) is 5.58 Å². The first-order valence-electron chi connectivity index (χ1n) is 10.4. The number of oxazole rings is 1. The maximum atomic E-state index is 12.0. The van der Waals surface area contributed by atoms with Crippen LogP contribution >= 0.6 is 0 Å². The lowest BCUT2D eigenvalue weighted by atomic mass is 10.1. The molecule has 0 radical (unpaired) electrons. The molecule has 0 N–H and O–H groups in total. The summed E-state index contributed by atoms with van der Waals surface area (Å²) >= 11 is 0. The van der Waals surface area contributed by atoms with Gasteiger partial charge in [0.15, 0.2) is 5.58 Å². The maximum Gasteiger partial charge on any atom is 0.419 e. The molecule has 28 heavy (non-hydrogen) atoms. The summed E-state index contributed by atoms with van der Waals surface area (Å²) in [4.78, 5) is 17.0. The average molecular weight is 380 g/mol. The van der Waals surface area contributed by atoms with Crippen LogP contribution in [0.15, 0.2) is 63.8 Å². The fourth-order valence-corrected chi connectivity index (χ4v) is 4.05. The number of para-hydroxylation sites is 3. The normalized spacial score (nSPS) is 15.4. The largest absolute Gasteiger partial charge is 0.419 e. The minimum absolute atomic E-state index is 0.238. The number of piperazine rings is 1. The molecule has 0 spiro atoms. The molecule has 4 rings (SSSR count). The van der Waals surface area contributed by atoms with Crippen LogP contribution in [0.1, 0.15) is 25.7 Å². The molecule has 2 aromatic carbocycles. The number of aryl methyl sites for hydroxylation is 1. The van der Waals surface area contributed by atoms with E-state index < -0.39 is 0 Å². The number of aromatic nitrogens is 1. The highest BCUT2D eigenvalue weighted by atomic mass is 16.4. The van der Waals surface area contributed by atoms with Crippen LogP contribution < -0.4 is 10.7 Å². The van der Waals surface area contributed by atoms with E-state index in [1.54, 1.807) is 4.57 Å². The van der Waals surface area contributed by atoms with Crippen molar-refractivity contribution in [1.82, 2.24) is 9.47 Å². The highest BCUT2D eigenvalue weighted by Crippen LogP contribution is 2.16. The molecule has 1 aliphatic rings. The molecule has 0 unspecified atom stereocenters. The van der Waals surface area contributed by atoms with Crippen molar-refractivity contribution in [3.8, 4) is 0 Å². The molecule has 1 fully saturated rings. The van der Waals surface area contributed by atoms with Gasteiger partial charge in [-0.3, -0.25) is 9.47 Å². The van der Waals surface area contributed by atoms with Gasteiger partial charge in [-0.15, -0.1) is 0 Å². The molecule has 0 amide bonds. The minimum atomic E-state index is -0.238. The number of rotatable bonds is 8. The first-order chi connectivity index (χ1) is 13.8. The summed E-state index contributed by atoms with van der Waals surface area (Å²) in [6, 6.07) is 18.4. The van der Waals surface area contributed by atoms with Gasteiger partial charge in [0.25, 0.3) is 0 Å². The fourth-order valence-electron chi connectivity index (χ4n) is 4.05. The molecule has 0 aliphatic carbocycles. The van der Waals surface area contributed by atoms with Gasteiger partial charge in [0.05, 0.1) is 5.52 Å². The van der Waals surface area contributed by atoms with Crippen molar-refractivity contribution in [3.63, 3.8) is 0 Å². The van der Waals surface area contributed by atoms with Crippen molar-refractivity contribution in [2.45, 2.75) is 32.2 Å². The zero-order valence-electron chi connectivity index (χ0n) is 16.4. The Labute approximate surface area is 166 Å². The maximum absolute atomic E-state index is 12.0. The highest BCUT2D eigenvalue weighted by Gasteiger charge is 2.16. The van der Waals surface area contributed by atoms with E-state index in [0.717, 1.165) is 51.1 Å². The number of hydrogen-bond acceptors (Lipinski definition) is 4. The molecule has 1 saturated heterocycles. The van der Waals surface area contributed by atoms with Crippen LogP contribution in [0.5, 0.6) is 0 Å². The van der Waals surface area contributed by atoms with E-state index in [9.17, 15) is 4.79 Å². The van der Waals surface area contributed by atoms with Gasteiger partial charge >= 0.3 is 5.76 Å². The summed E-state index contributed by atoms with van der Waals surface area (Å²) in [5.74, 6) is -0.238. The highest BCUT2D eigenvalue weighted by molar-refractivity contribution is 5.72. The number of fused-ring (bicyclic) bond motifs is 1. The third-order valence-electron chi connectivity index (χ3n) is 5.67. The molecular formula is C23H29N3O2. The van der Waals surface area contributed by atoms with E-state index in [2.05, 4.69) is 40.1 Å². The summed E-state index contributed by atoms with van der Waals surface area (Å²) in [5.41, 5.74) is 2.93. The summed E-state index contributed by atoms with van der Waals surface area (Å²) in [5, 5.41) is 0. The lowest BCUT2D eigenvalue weighted by molar-refractivity contribution is 0.252. The predicted molar refractivity (Wildman–Crippen MR) is 114 cm³/mol. The van der Waals surface area contributed by atoms with Crippen molar-refractivity contribution in [1.29, 1.82) is 0 Å². The molecule has 5 heteroatoms. The molecule has 5 nitrogen and oxygen atoms in total. The molecule has 0 atom stereocenters. The van der Waals surface area contributed by atoms with E-state index in [-0.39, 0.29) is 5.76 Å². The summed E-state index contributed by atoms with van der Waals surface area (Å²) in [6.45, 7) is 6.43. The average Bonchev–Trinajstić information content (AvgIpc) is 3.07. The third-order valence-corrected chi connectivity index (χ3v) is 5.67. The van der Waals surface area contributed by atoms with E-state index in [1.807, 2.05) is 24.3 Å². The number of anilines is 1. The topological polar surface area (TPSA) is 41.6 Å². The van der Waals surface area contributed by atoms with Crippen molar-refractivity contribution in [2.75, 3.05) is 37.6 Å². The first kappa shape index (κ1) is 18.8. The van der Waals surface area contributed by atoms with Gasteiger partial charge in [-0.05, 0) is 43.7 Å². The molecule has 0 bridgehead atoms. The van der Waals surface area contributed by atoms with Crippen LogP contribution in [-0.4, -0.2) is 42.2 Å². The number of unbranched alkanes of at least 4 members (excludes halogenated alkanes) is 3. The smallest absolute Gasteiger partial charge is 0.408 e. The quantitative estimate of drug-likeness (QED) is 0.555. The van der Waals surface area contributed by atoms with Crippen molar-refractivity contribution in [3.05, 3.63) is 65.1 Å². The van der Waals surface area contributed by atoms with E-state index >= 15 is 0 Å². The van der Waals surface area contributed by atoms with Gasteiger partial charge < -0.3 is 9.32 Å². The summed E-state index contributed by atoms with van der Waals surface area (Å²) in [7, 11) is 0. The number of benzene rings is 2. The van der Waals surface area contributed by atoms with Gasteiger partial charge in [0.1, 0.15) is 0 Å². The Hall–Kier alpha value is -2.53. The monoisotopic (exact) mass is 379 g/mol. The van der Waals surface area contributed by atoms with Gasteiger partial charge in [0, 0.05) is 38.4 Å². The van der Waals surface area contributed by atoms with Crippen LogP contribution in [0, 0.1) is 0 Å². The van der Waals surface area contributed by atoms with Crippen molar-refractivity contribution >= 4 is 16.8 Å². The van der Waals surface area contributed by atoms with Crippen molar-refractivity contribution < 1.29 is 4.42 Å². The van der Waals surface area contributed by atoms with Crippen LogP contribution in [-0.2, 0) is 6.54 Å². The predicted octanol–water partition coefficient (Wildman–Crippen LogP) is 3.98. The second-order valence-corrected chi connectivity index (χ2v) is 7.57. The molecule has 1 aromatic heterocycles. The van der Waals surface area contributed by atoms with Crippen LogP contribution in [0.4, 0.5) is 5.69 Å². The fraction of sp³-hybridized carbons (Fsp3) is 0.435. The molecule has 148 valence electrons. The molecule has 1 aliphatic heterocycles. The molecule has 0 saturated carbocycles. The SMILES string of the molecule is O=c1oc2ccccc2n1CCCCCCN1CCN(c2ccccc2)CC1. The molecule has 2 heterocycles. The van der Waals surface area contributed by atoms with Gasteiger partial charge in [-0.1, -0.05) is 43.2 Å². The van der Waals surface area contributed by atoms with Crippen LogP contribution in [0.2, 0.25) is 0 Å². The first-order valence-corrected chi connectivity index (χ1v) is 10.4. The van der Waals surface area contributed by atoms with Crippen molar-refractivity contribution in [2.24, 2.45) is 0 Å². The Balaban J connectivity index is 1.13. The lowest BCUT2D eigenvalue weighted by Crippen LogP contribution is -2.46. The zero-order chi connectivity index (χ0) is 19.2.